The lowest BCUT2D eigenvalue weighted by Crippen LogP contribution is -2.41. The predicted molar refractivity (Wildman–Crippen MR) is 125 cm³/mol. The Morgan fingerprint density at radius 3 is 2.67 bits per heavy atom. The molecule has 2 aliphatic rings. The normalized spacial score (nSPS) is 22.9. The van der Waals surface area contributed by atoms with Gasteiger partial charge >= 0.3 is 0 Å². The van der Waals surface area contributed by atoms with Crippen LogP contribution in [-0.4, -0.2) is 37.2 Å². The highest BCUT2D eigenvalue weighted by molar-refractivity contribution is 7.84. The van der Waals surface area contributed by atoms with E-state index in [1.165, 1.54) is 11.8 Å². The summed E-state index contributed by atoms with van der Waals surface area (Å²) < 4.78 is 23.2. The van der Waals surface area contributed by atoms with Crippen LogP contribution in [0.2, 0.25) is 5.02 Å². The third kappa shape index (κ3) is 3.72. The highest BCUT2D eigenvalue weighted by Crippen LogP contribution is 2.38. The minimum Gasteiger partial charge on any atom is -0.319 e. The number of halogens is 1. The van der Waals surface area contributed by atoms with Gasteiger partial charge in [0.25, 0.3) is 0 Å². The molecule has 2 aromatic rings. The molecule has 30 heavy (non-hydrogen) atoms. The van der Waals surface area contributed by atoms with E-state index in [9.17, 15) is 8.76 Å². The molecule has 162 valence electrons. The number of rotatable bonds is 5. The lowest BCUT2D eigenvalue weighted by molar-refractivity contribution is 0.494. The first-order valence-electron chi connectivity index (χ1n) is 10.8. The molecule has 2 aliphatic heterocycles. The third-order valence-electron chi connectivity index (χ3n) is 6.34. The number of aryl methyl sites for hydroxylation is 1. The van der Waals surface area contributed by atoms with Crippen molar-refractivity contribution in [1.29, 1.82) is 0 Å². The van der Waals surface area contributed by atoms with E-state index in [0.29, 0.717) is 15.8 Å². The van der Waals surface area contributed by atoms with Crippen LogP contribution >= 0.6 is 11.6 Å². The van der Waals surface area contributed by atoms with Crippen LogP contribution < -0.4 is 4.90 Å². The average Bonchev–Trinajstić information content (AvgIpc) is 2.99. The molecule has 1 aromatic heterocycles. The lowest BCUT2D eigenvalue weighted by Gasteiger charge is -2.33. The molecule has 0 fully saturated rings. The summed E-state index contributed by atoms with van der Waals surface area (Å²) in [5, 5.41) is 0.679. The number of dihydropyridines is 1. The van der Waals surface area contributed by atoms with E-state index in [0.717, 1.165) is 55.8 Å². The van der Waals surface area contributed by atoms with Gasteiger partial charge in [-0.3, -0.25) is 4.99 Å². The number of hydrogen-bond acceptors (Lipinski definition) is 4. The van der Waals surface area contributed by atoms with E-state index >= 15 is 0 Å². The van der Waals surface area contributed by atoms with E-state index in [-0.39, 0.29) is 12.1 Å². The number of benzene rings is 1. The van der Waals surface area contributed by atoms with Gasteiger partial charge in [0.1, 0.15) is 11.7 Å². The summed E-state index contributed by atoms with van der Waals surface area (Å²) in [5.74, 6) is 1.37. The molecule has 1 N–H and O–H groups in total. The van der Waals surface area contributed by atoms with Gasteiger partial charge in [-0.15, -0.1) is 0 Å². The maximum atomic E-state index is 11.5. The Bertz CT molecular complexity index is 1030. The van der Waals surface area contributed by atoms with Crippen molar-refractivity contribution >= 4 is 45.9 Å². The molecular formula is C22H29ClN4O2S. The molecule has 0 saturated carbocycles. The Kier molecular flexibility index (Phi) is 6.32. The van der Waals surface area contributed by atoms with Gasteiger partial charge in [0, 0.05) is 25.2 Å². The highest BCUT2D eigenvalue weighted by atomic mass is 35.5. The number of imidazole rings is 1. The van der Waals surface area contributed by atoms with Crippen molar-refractivity contribution in [3.8, 4) is 0 Å². The van der Waals surface area contributed by atoms with E-state index in [2.05, 4.69) is 34.4 Å². The molecule has 3 atom stereocenters. The highest BCUT2D eigenvalue weighted by Gasteiger charge is 2.32. The van der Waals surface area contributed by atoms with E-state index in [1.807, 2.05) is 19.1 Å². The van der Waals surface area contributed by atoms with Gasteiger partial charge in [0.05, 0.1) is 15.4 Å². The van der Waals surface area contributed by atoms with Gasteiger partial charge in [-0.25, -0.2) is 9.19 Å². The molecule has 3 unspecified atom stereocenters. The largest absolute Gasteiger partial charge is 0.319 e. The lowest BCUT2D eigenvalue weighted by atomic mass is 9.93. The standard InChI is InChI=1S/C22H29ClN4O2S/c1-4-15(5-2)17-8-9-18(23)19-20(17)26-10-6-7-11-27(22(26)25-19)21-14(3)12-16(13-24-21)30(28)29/h8-9,12-15,21H,4-7,10-11H2,1-3H3,(H,28,29). The van der Waals surface area contributed by atoms with Crippen LogP contribution in [0.5, 0.6) is 0 Å². The smallest absolute Gasteiger partial charge is 0.208 e. The summed E-state index contributed by atoms with van der Waals surface area (Å²) >= 11 is 4.59. The van der Waals surface area contributed by atoms with Crippen molar-refractivity contribution in [2.24, 2.45) is 10.9 Å². The molecule has 4 rings (SSSR count). The molecule has 0 aliphatic carbocycles. The fourth-order valence-electron chi connectivity index (χ4n) is 4.75. The van der Waals surface area contributed by atoms with Gasteiger partial charge < -0.3 is 14.0 Å². The Morgan fingerprint density at radius 2 is 2.00 bits per heavy atom. The first-order chi connectivity index (χ1) is 14.5. The van der Waals surface area contributed by atoms with E-state index in [1.54, 1.807) is 0 Å². The summed E-state index contributed by atoms with van der Waals surface area (Å²) in [5.41, 5.74) is 3.33. The summed E-state index contributed by atoms with van der Waals surface area (Å²) in [6.07, 6.45) is 7.49. The van der Waals surface area contributed by atoms with Gasteiger partial charge in [0.15, 0.2) is 11.1 Å². The van der Waals surface area contributed by atoms with Crippen molar-refractivity contribution in [2.45, 2.75) is 65.1 Å². The Morgan fingerprint density at radius 1 is 1.27 bits per heavy atom. The molecular weight excluding hydrogens is 420 g/mol. The van der Waals surface area contributed by atoms with E-state index < -0.39 is 11.1 Å². The molecule has 6 nitrogen and oxygen atoms in total. The van der Waals surface area contributed by atoms with Gasteiger partial charge in [-0.1, -0.05) is 44.5 Å². The SMILES string of the molecule is CCC(CC)c1ccc(Cl)c2nc3n(c12)CCCCN3C1N=CC(S(=O)O)=CC1C. The quantitative estimate of drug-likeness (QED) is 0.626. The monoisotopic (exact) mass is 448 g/mol. The van der Waals surface area contributed by atoms with Crippen LogP contribution in [0.4, 0.5) is 5.95 Å². The first kappa shape index (κ1) is 21.5. The number of fused-ring (bicyclic) bond motifs is 3. The number of aromatic nitrogens is 2. The Hall–Kier alpha value is -1.70. The maximum absolute atomic E-state index is 11.5. The van der Waals surface area contributed by atoms with Crippen LogP contribution in [0.15, 0.2) is 28.1 Å². The van der Waals surface area contributed by atoms with Crippen LogP contribution in [0.25, 0.3) is 11.0 Å². The molecule has 1 aromatic carbocycles. The van der Waals surface area contributed by atoms with Crippen LogP contribution in [0, 0.1) is 5.92 Å². The van der Waals surface area contributed by atoms with Crippen molar-refractivity contribution in [2.75, 3.05) is 11.4 Å². The minimum atomic E-state index is -2.01. The summed E-state index contributed by atoms with van der Waals surface area (Å²) in [6.45, 7) is 8.25. The molecule has 8 heteroatoms. The molecule has 0 bridgehead atoms. The van der Waals surface area contributed by atoms with Gasteiger partial charge in [-0.2, -0.15) is 0 Å². The zero-order chi connectivity index (χ0) is 21.4. The van der Waals surface area contributed by atoms with Crippen LogP contribution in [0.1, 0.15) is 57.9 Å². The van der Waals surface area contributed by atoms with Crippen LogP contribution in [0.3, 0.4) is 0 Å². The molecule has 0 radical (unpaired) electrons. The second kappa shape index (κ2) is 8.81. The zero-order valence-electron chi connectivity index (χ0n) is 17.7. The van der Waals surface area contributed by atoms with Crippen molar-refractivity contribution in [3.63, 3.8) is 0 Å². The van der Waals surface area contributed by atoms with Crippen molar-refractivity contribution in [3.05, 3.63) is 33.7 Å². The number of allylic oxidation sites excluding steroid dienone is 1. The first-order valence-corrected chi connectivity index (χ1v) is 12.3. The fourth-order valence-corrected chi connectivity index (χ4v) is 5.43. The zero-order valence-corrected chi connectivity index (χ0v) is 19.3. The predicted octanol–water partition coefficient (Wildman–Crippen LogP) is 5.35. The fraction of sp³-hybridized carbons (Fsp3) is 0.545. The summed E-state index contributed by atoms with van der Waals surface area (Å²) in [6, 6.07) is 4.14. The number of aliphatic imine (C=N–C) groups is 1. The number of anilines is 1. The van der Waals surface area contributed by atoms with Crippen molar-refractivity contribution in [1.82, 2.24) is 9.55 Å². The third-order valence-corrected chi connectivity index (χ3v) is 7.29. The number of hydrogen-bond donors (Lipinski definition) is 1. The molecule has 3 heterocycles. The topological polar surface area (TPSA) is 70.7 Å². The average molecular weight is 449 g/mol. The second-order valence-corrected chi connectivity index (χ2v) is 9.56. The second-order valence-electron chi connectivity index (χ2n) is 8.18. The minimum absolute atomic E-state index is 0.00133. The summed E-state index contributed by atoms with van der Waals surface area (Å²) in [4.78, 5) is 12.3. The molecule has 0 spiro atoms. The van der Waals surface area contributed by atoms with Gasteiger partial charge in [0.2, 0.25) is 5.95 Å². The Labute approximate surface area is 185 Å². The number of nitrogens with zero attached hydrogens (tertiary/aromatic N) is 4. The summed E-state index contributed by atoms with van der Waals surface area (Å²) in [7, 11) is 0. The molecule has 0 amide bonds. The van der Waals surface area contributed by atoms with Crippen molar-refractivity contribution < 1.29 is 8.76 Å². The molecule has 0 saturated heterocycles. The Balaban J connectivity index is 1.84. The van der Waals surface area contributed by atoms with Gasteiger partial charge in [-0.05, 0) is 43.2 Å². The maximum Gasteiger partial charge on any atom is 0.208 e. The van der Waals surface area contributed by atoms with Crippen LogP contribution in [-0.2, 0) is 17.6 Å². The van der Waals surface area contributed by atoms with E-state index in [4.69, 9.17) is 16.6 Å².